The summed E-state index contributed by atoms with van der Waals surface area (Å²) in [4.78, 5) is 10.4. The van der Waals surface area contributed by atoms with Crippen LogP contribution in [0.25, 0.3) is 0 Å². The molecule has 0 spiro atoms. The molecule has 0 aliphatic rings. The number of rotatable bonds is 7. The minimum Gasteiger partial charge on any atom is -0.493 e. The summed E-state index contributed by atoms with van der Waals surface area (Å²) in [5.41, 5.74) is 1.69. The number of carboxylic acids is 1. The Balaban J connectivity index is 2.67. The lowest BCUT2D eigenvalue weighted by Crippen LogP contribution is -2.03. The van der Waals surface area contributed by atoms with Crippen molar-refractivity contribution < 1.29 is 19.7 Å². The second-order valence-corrected chi connectivity index (χ2v) is 4.32. The minimum atomic E-state index is -0.895. The fraction of sp³-hybridized carbons (Fsp3) is 0.500. The van der Waals surface area contributed by atoms with E-state index in [1.165, 1.54) is 0 Å². The summed E-state index contributed by atoms with van der Waals surface area (Å²) in [5, 5.41) is 18.4. The molecule has 0 fully saturated rings. The molecular formula is C14H20O4. The van der Waals surface area contributed by atoms with Gasteiger partial charge >= 0.3 is 5.97 Å². The summed E-state index contributed by atoms with van der Waals surface area (Å²) in [6.07, 6.45) is 0.403. The van der Waals surface area contributed by atoms with Crippen molar-refractivity contribution in [2.24, 2.45) is 0 Å². The number of aryl methyl sites for hydroxylation is 1. The van der Waals surface area contributed by atoms with Gasteiger partial charge in [0.15, 0.2) is 0 Å². The summed E-state index contributed by atoms with van der Waals surface area (Å²) in [6, 6.07) is 5.45. The number of aliphatic hydroxyl groups is 1. The molecule has 18 heavy (non-hydrogen) atoms. The van der Waals surface area contributed by atoms with E-state index in [4.69, 9.17) is 9.84 Å². The van der Waals surface area contributed by atoms with Crippen LogP contribution in [0, 0.1) is 6.92 Å². The Morgan fingerprint density at radius 3 is 2.72 bits per heavy atom. The van der Waals surface area contributed by atoms with Crippen LogP contribution in [0.4, 0.5) is 0 Å². The topological polar surface area (TPSA) is 66.8 Å². The molecule has 1 rings (SSSR count). The largest absolute Gasteiger partial charge is 0.493 e. The number of aliphatic carboxylic acids is 1. The number of hydrogen-bond acceptors (Lipinski definition) is 3. The predicted octanol–water partition coefficient (Wildman–Crippen LogP) is 2.68. The van der Waals surface area contributed by atoms with Crippen molar-refractivity contribution in [2.45, 2.75) is 39.2 Å². The van der Waals surface area contributed by atoms with Crippen LogP contribution in [0.5, 0.6) is 5.75 Å². The molecule has 100 valence electrons. The molecule has 0 unspecified atom stereocenters. The first-order valence-corrected chi connectivity index (χ1v) is 6.17. The molecule has 0 bridgehead atoms. The highest BCUT2D eigenvalue weighted by molar-refractivity contribution is 5.66. The van der Waals surface area contributed by atoms with Gasteiger partial charge in [-0.05, 0) is 43.0 Å². The monoisotopic (exact) mass is 252 g/mol. The number of carbonyl (C=O) groups is 1. The van der Waals surface area contributed by atoms with E-state index >= 15 is 0 Å². The van der Waals surface area contributed by atoms with E-state index in [9.17, 15) is 9.90 Å². The van der Waals surface area contributed by atoms with Crippen molar-refractivity contribution in [3.63, 3.8) is 0 Å². The van der Waals surface area contributed by atoms with E-state index in [-0.39, 0.29) is 12.8 Å². The minimum absolute atomic E-state index is 0.0334. The third-order valence-electron chi connectivity index (χ3n) is 2.68. The molecule has 0 heterocycles. The highest BCUT2D eigenvalue weighted by Gasteiger charge is 2.11. The summed E-state index contributed by atoms with van der Waals surface area (Å²) in [7, 11) is 0. The van der Waals surface area contributed by atoms with Crippen LogP contribution in [0.15, 0.2) is 18.2 Å². The van der Waals surface area contributed by atoms with Gasteiger partial charge in [-0.3, -0.25) is 4.79 Å². The van der Waals surface area contributed by atoms with Crippen LogP contribution >= 0.6 is 0 Å². The standard InChI is InChI=1S/C14H20O4/c1-3-8-18-13-6-4-11(9-10(13)2)12(15)5-7-14(16)17/h4,6,9,12,15H,3,5,7-8H2,1-2H3,(H,16,17)/t12-/m1/s1. The smallest absolute Gasteiger partial charge is 0.303 e. The quantitative estimate of drug-likeness (QED) is 0.783. The summed E-state index contributed by atoms with van der Waals surface area (Å²) in [5.74, 6) is -0.0836. The summed E-state index contributed by atoms with van der Waals surface area (Å²) < 4.78 is 5.54. The van der Waals surface area contributed by atoms with E-state index in [0.717, 1.165) is 23.3 Å². The van der Waals surface area contributed by atoms with Gasteiger partial charge in [-0.25, -0.2) is 0 Å². The van der Waals surface area contributed by atoms with E-state index in [2.05, 4.69) is 0 Å². The van der Waals surface area contributed by atoms with E-state index < -0.39 is 12.1 Å². The Hall–Kier alpha value is -1.55. The Morgan fingerprint density at radius 2 is 2.17 bits per heavy atom. The predicted molar refractivity (Wildman–Crippen MR) is 68.8 cm³/mol. The van der Waals surface area contributed by atoms with Gasteiger partial charge in [0.05, 0.1) is 12.7 Å². The fourth-order valence-corrected chi connectivity index (χ4v) is 1.68. The molecule has 0 saturated carbocycles. The molecule has 4 nitrogen and oxygen atoms in total. The molecule has 0 aromatic heterocycles. The number of aliphatic hydroxyl groups excluding tert-OH is 1. The number of benzene rings is 1. The average molecular weight is 252 g/mol. The van der Waals surface area contributed by atoms with E-state index in [1.54, 1.807) is 6.07 Å². The zero-order chi connectivity index (χ0) is 13.5. The van der Waals surface area contributed by atoms with Crippen LogP contribution in [0.2, 0.25) is 0 Å². The second-order valence-electron chi connectivity index (χ2n) is 4.32. The molecule has 0 amide bonds. The Morgan fingerprint density at radius 1 is 1.44 bits per heavy atom. The highest BCUT2D eigenvalue weighted by atomic mass is 16.5. The Kier molecular flexibility index (Phi) is 5.65. The molecule has 0 saturated heterocycles. The lowest BCUT2D eigenvalue weighted by Gasteiger charge is -2.13. The van der Waals surface area contributed by atoms with Crippen molar-refractivity contribution in [1.29, 1.82) is 0 Å². The van der Waals surface area contributed by atoms with Crippen molar-refractivity contribution in [1.82, 2.24) is 0 Å². The average Bonchev–Trinajstić information content (AvgIpc) is 2.34. The summed E-state index contributed by atoms with van der Waals surface area (Å²) in [6.45, 7) is 4.62. The third kappa shape index (κ3) is 4.37. The lowest BCUT2D eigenvalue weighted by molar-refractivity contribution is -0.137. The Labute approximate surface area is 107 Å². The van der Waals surface area contributed by atoms with Crippen LogP contribution < -0.4 is 4.74 Å². The molecule has 0 aliphatic carbocycles. The van der Waals surface area contributed by atoms with Gasteiger partial charge in [-0.1, -0.05) is 13.0 Å². The van der Waals surface area contributed by atoms with Gasteiger partial charge in [-0.2, -0.15) is 0 Å². The van der Waals surface area contributed by atoms with Crippen LogP contribution in [-0.2, 0) is 4.79 Å². The number of hydrogen-bond donors (Lipinski definition) is 2. The third-order valence-corrected chi connectivity index (χ3v) is 2.68. The first-order chi connectivity index (χ1) is 8.54. The number of ether oxygens (including phenoxy) is 1. The molecular weight excluding hydrogens is 232 g/mol. The SMILES string of the molecule is CCCOc1ccc([C@H](O)CCC(=O)O)cc1C. The van der Waals surface area contributed by atoms with Crippen molar-refractivity contribution in [3.8, 4) is 5.75 Å². The maximum absolute atomic E-state index is 10.4. The van der Waals surface area contributed by atoms with Crippen LogP contribution in [-0.4, -0.2) is 22.8 Å². The molecule has 1 aromatic rings. The lowest BCUT2D eigenvalue weighted by atomic mass is 10.0. The van der Waals surface area contributed by atoms with E-state index in [0.29, 0.717) is 6.61 Å². The van der Waals surface area contributed by atoms with Gasteiger partial charge in [0.1, 0.15) is 5.75 Å². The van der Waals surface area contributed by atoms with Crippen molar-refractivity contribution in [3.05, 3.63) is 29.3 Å². The molecule has 0 radical (unpaired) electrons. The Bertz CT molecular complexity index is 401. The zero-order valence-electron chi connectivity index (χ0n) is 10.8. The van der Waals surface area contributed by atoms with Gasteiger partial charge in [0, 0.05) is 6.42 Å². The molecule has 2 N–H and O–H groups in total. The van der Waals surface area contributed by atoms with Crippen molar-refractivity contribution in [2.75, 3.05) is 6.61 Å². The first kappa shape index (κ1) is 14.5. The molecule has 4 heteroatoms. The zero-order valence-corrected chi connectivity index (χ0v) is 10.8. The first-order valence-electron chi connectivity index (χ1n) is 6.17. The van der Waals surface area contributed by atoms with Gasteiger partial charge < -0.3 is 14.9 Å². The molecule has 0 aliphatic heterocycles. The van der Waals surface area contributed by atoms with E-state index in [1.807, 2.05) is 26.0 Å². The van der Waals surface area contributed by atoms with Gasteiger partial charge in [0.2, 0.25) is 0 Å². The highest BCUT2D eigenvalue weighted by Crippen LogP contribution is 2.25. The molecule has 1 atom stereocenters. The maximum atomic E-state index is 10.4. The second kappa shape index (κ2) is 7.01. The van der Waals surface area contributed by atoms with Crippen LogP contribution in [0.1, 0.15) is 43.4 Å². The fourth-order valence-electron chi connectivity index (χ4n) is 1.68. The number of carboxylic acid groups (broad SMARTS) is 1. The summed E-state index contributed by atoms with van der Waals surface area (Å²) >= 11 is 0. The van der Waals surface area contributed by atoms with Crippen molar-refractivity contribution >= 4 is 5.97 Å². The molecule has 1 aromatic carbocycles. The van der Waals surface area contributed by atoms with Gasteiger partial charge in [0.25, 0.3) is 0 Å². The maximum Gasteiger partial charge on any atom is 0.303 e. The normalized spacial score (nSPS) is 12.2. The van der Waals surface area contributed by atoms with Crippen LogP contribution in [0.3, 0.4) is 0 Å². The van der Waals surface area contributed by atoms with Gasteiger partial charge in [-0.15, -0.1) is 0 Å².